The molecule has 0 atom stereocenters. The minimum Gasteiger partial charge on any atom is -0.384 e. The van der Waals surface area contributed by atoms with Gasteiger partial charge in [0.2, 0.25) is 0 Å². The maximum atomic E-state index is 4.32. The number of aromatic nitrogens is 1. The highest BCUT2D eigenvalue weighted by molar-refractivity contribution is 5.51. The maximum Gasteiger partial charge on any atom is 0.127 e. The summed E-state index contributed by atoms with van der Waals surface area (Å²) in [5.74, 6) is 0.973. The monoisotopic (exact) mass is 247 g/mol. The summed E-state index contributed by atoms with van der Waals surface area (Å²) in [5.41, 5.74) is 1.74. The van der Waals surface area contributed by atoms with Crippen molar-refractivity contribution in [1.82, 2.24) is 4.98 Å². The predicted molar refractivity (Wildman–Crippen MR) is 78.1 cm³/mol. The molecule has 1 aromatic rings. The van der Waals surface area contributed by atoms with Gasteiger partial charge in [0.15, 0.2) is 0 Å². The first-order valence-electron chi connectivity index (χ1n) is 7.22. The molecule has 0 amide bonds. The molecule has 0 spiro atoms. The summed E-state index contributed by atoms with van der Waals surface area (Å²) in [6.07, 6.45) is 8.43. The highest BCUT2D eigenvalue weighted by atomic mass is 15.0. The van der Waals surface area contributed by atoms with Crippen molar-refractivity contribution in [3.63, 3.8) is 0 Å². The number of nitrogens with zero attached hydrogens (tertiary/aromatic N) is 1. The van der Waals surface area contributed by atoms with Gasteiger partial charge in [-0.1, -0.05) is 20.3 Å². The summed E-state index contributed by atoms with van der Waals surface area (Å²) in [5, 5.41) is 6.90. The lowest BCUT2D eigenvalue weighted by Crippen LogP contribution is -2.35. The minimum atomic E-state index is 0.556. The Morgan fingerprint density at radius 3 is 2.72 bits per heavy atom. The van der Waals surface area contributed by atoms with E-state index in [2.05, 4.69) is 41.6 Å². The summed E-state index contributed by atoms with van der Waals surface area (Å²) in [6, 6.07) is 4.16. The molecule has 0 radical (unpaired) electrons. The van der Waals surface area contributed by atoms with Crippen molar-refractivity contribution in [1.29, 1.82) is 0 Å². The summed E-state index contributed by atoms with van der Waals surface area (Å²) in [7, 11) is 0. The molecule has 0 saturated heterocycles. The fourth-order valence-corrected chi connectivity index (χ4v) is 2.51. The van der Waals surface area contributed by atoms with Gasteiger partial charge in [-0.25, -0.2) is 4.98 Å². The molecule has 3 nitrogen and oxygen atoms in total. The normalized spacial score (nSPS) is 17.0. The molecular formula is C15H25N3. The molecule has 2 rings (SSSR count). The van der Waals surface area contributed by atoms with E-state index in [1.807, 2.05) is 6.20 Å². The second-order valence-electron chi connectivity index (χ2n) is 5.42. The number of pyridine rings is 1. The van der Waals surface area contributed by atoms with Crippen molar-refractivity contribution < 1.29 is 0 Å². The van der Waals surface area contributed by atoms with E-state index in [0.717, 1.165) is 25.3 Å². The predicted octanol–water partition coefficient (Wildman–Crippen LogP) is 3.90. The van der Waals surface area contributed by atoms with Crippen LogP contribution in [0.2, 0.25) is 0 Å². The van der Waals surface area contributed by atoms with E-state index in [-0.39, 0.29) is 0 Å². The molecule has 3 heteroatoms. The Kier molecular flexibility index (Phi) is 4.45. The molecule has 1 fully saturated rings. The van der Waals surface area contributed by atoms with Gasteiger partial charge in [0.05, 0.1) is 0 Å². The molecule has 1 aliphatic carbocycles. The van der Waals surface area contributed by atoms with Crippen molar-refractivity contribution in [3.05, 3.63) is 18.3 Å². The van der Waals surface area contributed by atoms with Crippen LogP contribution in [0, 0.1) is 5.41 Å². The zero-order chi connectivity index (χ0) is 12.8. The van der Waals surface area contributed by atoms with Gasteiger partial charge < -0.3 is 10.6 Å². The number of hydrogen-bond donors (Lipinski definition) is 2. The Balaban J connectivity index is 1.88. The van der Waals surface area contributed by atoms with Crippen molar-refractivity contribution >= 4 is 11.5 Å². The van der Waals surface area contributed by atoms with E-state index in [0.29, 0.717) is 5.41 Å². The van der Waals surface area contributed by atoms with Crippen molar-refractivity contribution in [2.75, 3.05) is 23.7 Å². The zero-order valence-corrected chi connectivity index (χ0v) is 11.6. The molecule has 0 bridgehead atoms. The minimum absolute atomic E-state index is 0.556. The highest BCUT2D eigenvalue weighted by Crippen LogP contribution is 2.43. The smallest absolute Gasteiger partial charge is 0.127 e. The van der Waals surface area contributed by atoms with Crippen LogP contribution in [-0.2, 0) is 0 Å². The lowest BCUT2D eigenvalue weighted by atomic mass is 9.67. The molecular weight excluding hydrogens is 222 g/mol. The number of rotatable bonds is 7. The zero-order valence-electron chi connectivity index (χ0n) is 11.6. The van der Waals surface area contributed by atoms with Crippen LogP contribution in [0.3, 0.4) is 0 Å². The topological polar surface area (TPSA) is 37.0 Å². The fourth-order valence-electron chi connectivity index (χ4n) is 2.51. The van der Waals surface area contributed by atoms with Crippen LogP contribution < -0.4 is 10.6 Å². The third-order valence-electron chi connectivity index (χ3n) is 4.15. The molecule has 1 aromatic heterocycles. The van der Waals surface area contributed by atoms with Gasteiger partial charge in [-0.15, -0.1) is 0 Å². The first-order valence-corrected chi connectivity index (χ1v) is 7.22. The van der Waals surface area contributed by atoms with Crippen molar-refractivity contribution in [2.45, 2.75) is 46.0 Å². The van der Waals surface area contributed by atoms with Crippen LogP contribution in [0.4, 0.5) is 11.5 Å². The Bertz CT molecular complexity index is 366. The van der Waals surface area contributed by atoms with Gasteiger partial charge in [0.1, 0.15) is 5.82 Å². The van der Waals surface area contributed by atoms with E-state index in [4.69, 9.17) is 0 Å². The fraction of sp³-hybridized carbons (Fsp3) is 0.667. The molecule has 0 unspecified atom stereocenters. The molecule has 0 aliphatic heterocycles. The molecule has 1 saturated carbocycles. The third kappa shape index (κ3) is 3.15. The SMILES string of the molecule is CCCNc1cc(NCC2(CC)CCC2)ccn1. The molecule has 2 N–H and O–H groups in total. The second kappa shape index (κ2) is 6.07. The summed E-state index contributed by atoms with van der Waals surface area (Å²) >= 11 is 0. The second-order valence-corrected chi connectivity index (χ2v) is 5.42. The molecule has 100 valence electrons. The van der Waals surface area contributed by atoms with Crippen LogP contribution in [0.1, 0.15) is 46.0 Å². The first-order chi connectivity index (χ1) is 8.78. The van der Waals surface area contributed by atoms with E-state index in [1.54, 1.807) is 0 Å². The van der Waals surface area contributed by atoms with Gasteiger partial charge in [0.25, 0.3) is 0 Å². The maximum absolute atomic E-state index is 4.32. The average Bonchev–Trinajstić information content (AvgIpc) is 2.36. The largest absolute Gasteiger partial charge is 0.384 e. The third-order valence-corrected chi connectivity index (χ3v) is 4.15. The van der Waals surface area contributed by atoms with Crippen molar-refractivity contribution in [3.8, 4) is 0 Å². The molecule has 18 heavy (non-hydrogen) atoms. The van der Waals surface area contributed by atoms with Gasteiger partial charge in [-0.05, 0) is 37.2 Å². The summed E-state index contributed by atoms with van der Waals surface area (Å²) in [6.45, 7) is 6.55. The number of hydrogen-bond acceptors (Lipinski definition) is 3. The quantitative estimate of drug-likeness (QED) is 0.767. The van der Waals surface area contributed by atoms with Gasteiger partial charge in [0, 0.05) is 31.0 Å². The van der Waals surface area contributed by atoms with E-state index in [9.17, 15) is 0 Å². The van der Waals surface area contributed by atoms with Crippen molar-refractivity contribution in [2.24, 2.45) is 5.41 Å². The first kappa shape index (κ1) is 13.2. The standard InChI is InChI=1S/C15H25N3/c1-3-9-16-14-11-13(6-10-17-14)18-12-15(4-2)7-5-8-15/h6,10-11H,3-5,7-9,12H2,1-2H3,(H2,16,17,18). The van der Waals surface area contributed by atoms with Crippen LogP contribution in [0.15, 0.2) is 18.3 Å². The van der Waals surface area contributed by atoms with Crippen LogP contribution >= 0.6 is 0 Å². The average molecular weight is 247 g/mol. The van der Waals surface area contributed by atoms with Crippen LogP contribution in [0.25, 0.3) is 0 Å². The van der Waals surface area contributed by atoms with E-state index >= 15 is 0 Å². The van der Waals surface area contributed by atoms with Gasteiger partial charge >= 0.3 is 0 Å². The highest BCUT2D eigenvalue weighted by Gasteiger charge is 2.34. The van der Waals surface area contributed by atoms with E-state index in [1.165, 1.54) is 31.4 Å². The Morgan fingerprint density at radius 1 is 1.28 bits per heavy atom. The van der Waals surface area contributed by atoms with Crippen LogP contribution in [0.5, 0.6) is 0 Å². The summed E-state index contributed by atoms with van der Waals surface area (Å²) in [4.78, 5) is 4.32. The number of nitrogens with one attached hydrogen (secondary N) is 2. The Morgan fingerprint density at radius 2 is 2.11 bits per heavy atom. The molecule has 0 aromatic carbocycles. The summed E-state index contributed by atoms with van der Waals surface area (Å²) < 4.78 is 0. The Labute approximate surface area is 110 Å². The van der Waals surface area contributed by atoms with Gasteiger partial charge in [-0.2, -0.15) is 0 Å². The lowest BCUT2D eigenvalue weighted by molar-refractivity contribution is 0.145. The van der Waals surface area contributed by atoms with E-state index < -0.39 is 0 Å². The van der Waals surface area contributed by atoms with Crippen LogP contribution in [-0.4, -0.2) is 18.1 Å². The lowest BCUT2D eigenvalue weighted by Gasteiger charge is -2.41. The Hall–Kier alpha value is -1.25. The molecule has 1 aliphatic rings. The molecule has 1 heterocycles. The number of anilines is 2. The van der Waals surface area contributed by atoms with Gasteiger partial charge in [-0.3, -0.25) is 0 Å².